The van der Waals surface area contributed by atoms with E-state index >= 15 is 0 Å². The molecule has 2 atom stereocenters. The lowest BCUT2D eigenvalue weighted by atomic mass is 9.90. The molecule has 1 aromatic heterocycles. The molecule has 0 aromatic carbocycles. The van der Waals surface area contributed by atoms with Crippen LogP contribution < -0.4 is 4.90 Å². The number of nitrogens with zero attached hydrogens (tertiary/aromatic N) is 3. The fraction of sp³-hybridized carbons (Fsp3) is 0.846. The van der Waals surface area contributed by atoms with Crippen molar-refractivity contribution in [2.45, 2.75) is 44.2 Å². The maximum Gasteiger partial charge on any atom is 0.205 e. The number of rotatable bonds is 4. The molecule has 0 N–H and O–H groups in total. The minimum absolute atomic E-state index is 0.397. The molecule has 0 bridgehead atoms. The summed E-state index contributed by atoms with van der Waals surface area (Å²) in [7, 11) is 1.71. The molecule has 0 unspecified atom stereocenters. The van der Waals surface area contributed by atoms with Crippen molar-refractivity contribution in [3.8, 4) is 0 Å². The van der Waals surface area contributed by atoms with Crippen molar-refractivity contribution >= 4 is 16.7 Å². The third kappa shape index (κ3) is 2.90. The van der Waals surface area contributed by atoms with Gasteiger partial charge in [-0.05, 0) is 12.8 Å². The molecule has 3 rings (SSSR count). The molecule has 1 aliphatic carbocycles. The van der Waals surface area contributed by atoms with Crippen LogP contribution >= 0.6 is 11.5 Å². The number of hydrogen-bond acceptors (Lipinski definition) is 6. The van der Waals surface area contributed by atoms with Gasteiger partial charge in [-0.2, -0.15) is 4.37 Å². The predicted molar refractivity (Wildman–Crippen MR) is 74.8 cm³/mol. The first kappa shape index (κ1) is 13.3. The number of ether oxygens (including phenoxy) is 2. The Morgan fingerprint density at radius 1 is 1.42 bits per heavy atom. The normalized spacial score (nSPS) is 27.3. The lowest BCUT2D eigenvalue weighted by Crippen LogP contribution is -2.52. The maximum absolute atomic E-state index is 5.90. The zero-order valence-electron chi connectivity index (χ0n) is 11.4. The van der Waals surface area contributed by atoms with Crippen LogP contribution in [-0.2, 0) is 15.9 Å². The Hall–Kier alpha value is -0.720. The monoisotopic (exact) mass is 283 g/mol. The van der Waals surface area contributed by atoms with Crippen molar-refractivity contribution in [3.63, 3.8) is 0 Å². The summed E-state index contributed by atoms with van der Waals surface area (Å²) in [6.45, 7) is 2.44. The van der Waals surface area contributed by atoms with E-state index in [1.54, 1.807) is 7.11 Å². The first-order chi connectivity index (χ1) is 9.38. The van der Waals surface area contributed by atoms with E-state index in [-0.39, 0.29) is 0 Å². The van der Waals surface area contributed by atoms with Gasteiger partial charge in [-0.25, -0.2) is 4.98 Å². The van der Waals surface area contributed by atoms with E-state index in [2.05, 4.69) is 14.3 Å². The van der Waals surface area contributed by atoms with Gasteiger partial charge in [-0.15, -0.1) is 0 Å². The third-order valence-electron chi connectivity index (χ3n) is 3.97. The Labute approximate surface area is 118 Å². The molecular weight excluding hydrogens is 262 g/mol. The molecule has 6 heteroatoms. The highest BCUT2D eigenvalue weighted by molar-refractivity contribution is 7.09. The quantitative estimate of drug-likeness (QED) is 0.844. The maximum atomic E-state index is 5.90. The molecule has 0 spiro atoms. The summed E-state index contributed by atoms with van der Waals surface area (Å²) in [4.78, 5) is 7.08. The van der Waals surface area contributed by atoms with Crippen LogP contribution in [0.5, 0.6) is 0 Å². The Morgan fingerprint density at radius 3 is 3.21 bits per heavy atom. The molecule has 106 valence electrons. The van der Waals surface area contributed by atoms with Gasteiger partial charge in [0.15, 0.2) is 0 Å². The smallest absolute Gasteiger partial charge is 0.205 e. The first-order valence-electron chi connectivity index (χ1n) is 7.08. The summed E-state index contributed by atoms with van der Waals surface area (Å²) >= 11 is 1.52. The Kier molecular flexibility index (Phi) is 4.30. The first-order valence-corrected chi connectivity index (χ1v) is 7.85. The molecular formula is C13H21N3O2S. The van der Waals surface area contributed by atoms with Crippen molar-refractivity contribution in [1.82, 2.24) is 9.36 Å². The Balaban J connectivity index is 1.70. The van der Waals surface area contributed by atoms with Crippen LogP contribution in [0.1, 0.15) is 31.5 Å². The molecule has 1 saturated heterocycles. The van der Waals surface area contributed by atoms with E-state index in [1.165, 1.54) is 37.2 Å². The molecule has 2 fully saturated rings. The zero-order chi connectivity index (χ0) is 13.1. The highest BCUT2D eigenvalue weighted by Gasteiger charge is 2.35. The van der Waals surface area contributed by atoms with E-state index in [0.29, 0.717) is 18.8 Å². The Morgan fingerprint density at radius 2 is 2.32 bits per heavy atom. The summed E-state index contributed by atoms with van der Waals surface area (Å²) in [5.41, 5.74) is 0. The van der Waals surface area contributed by atoms with Crippen molar-refractivity contribution in [1.29, 1.82) is 0 Å². The van der Waals surface area contributed by atoms with Crippen LogP contribution in [0.15, 0.2) is 0 Å². The van der Waals surface area contributed by atoms with Gasteiger partial charge in [0.2, 0.25) is 5.13 Å². The van der Waals surface area contributed by atoms with Gasteiger partial charge in [0.1, 0.15) is 5.82 Å². The molecule has 1 saturated carbocycles. The molecule has 0 radical (unpaired) electrons. The Bertz CT molecular complexity index is 410. The van der Waals surface area contributed by atoms with E-state index in [1.807, 2.05) is 0 Å². The fourth-order valence-electron chi connectivity index (χ4n) is 2.99. The summed E-state index contributed by atoms with van der Waals surface area (Å²) in [5.74, 6) is 0.903. The number of morpholine rings is 1. The average Bonchev–Trinajstić information content (AvgIpc) is 2.93. The molecule has 0 amide bonds. The zero-order valence-corrected chi connectivity index (χ0v) is 12.2. The van der Waals surface area contributed by atoms with E-state index in [4.69, 9.17) is 9.47 Å². The molecule has 2 aliphatic rings. The minimum atomic E-state index is 0.397. The lowest BCUT2D eigenvalue weighted by Gasteiger charge is -2.43. The molecule has 19 heavy (non-hydrogen) atoms. The second-order valence-corrected chi connectivity index (χ2v) is 5.92. The fourth-order valence-corrected chi connectivity index (χ4v) is 3.79. The van der Waals surface area contributed by atoms with Crippen LogP contribution in [-0.4, -0.2) is 48.4 Å². The van der Waals surface area contributed by atoms with Gasteiger partial charge in [-0.1, -0.05) is 12.8 Å². The van der Waals surface area contributed by atoms with Gasteiger partial charge in [0.25, 0.3) is 0 Å². The molecule has 1 aliphatic heterocycles. The second kappa shape index (κ2) is 6.15. The second-order valence-electron chi connectivity index (χ2n) is 5.19. The summed E-state index contributed by atoms with van der Waals surface area (Å²) in [6.07, 6.45) is 6.20. The average molecular weight is 283 g/mol. The highest BCUT2D eigenvalue weighted by Crippen LogP contribution is 2.32. The van der Waals surface area contributed by atoms with Gasteiger partial charge < -0.3 is 14.4 Å². The van der Waals surface area contributed by atoms with Crippen molar-refractivity contribution in [2.75, 3.05) is 31.8 Å². The number of aromatic nitrogens is 2. The van der Waals surface area contributed by atoms with Gasteiger partial charge in [0.05, 0.1) is 25.4 Å². The van der Waals surface area contributed by atoms with Gasteiger partial charge >= 0.3 is 0 Å². The van der Waals surface area contributed by atoms with Crippen LogP contribution in [0.4, 0.5) is 5.13 Å². The van der Waals surface area contributed by atoms with Crippen molar-refractivity contribution in [2.24, 2.45) is 0 Å². The minimum Gasteiger partial charge on any atom is -0.384 e. The summed E-state index contributed by atoms with van der Waals surface area (Å²) in [5, 5.41) is 1.06. The predicted octanol–water partition coefficient (Wildman–Crippen LogP) is 1.87. The largest absolute Gasteiger partial charge is 0.384 e. The third-order valence-corrected chi connectivity index (χ3v) is 4.76. The van der Waals surface area contributed by atoms with Crippen LogP contribution in [0.3, 0.4) is 0 Å². The topological polar surface area (TPSA) is 47.5 Å². The standard InChI is InChI=1S/C13H21N3O2S/c1-17-8-6-12-14-13(19-15-12)16-7-9-18-11-5-3-2-4-10(11)16/h10-11H,2-9H2,1H3/t10-,11+/m1/s1. The van der Waals surface area contributed by atoms with E-state index < -0.39 is 0 Å². The molecule has 1 aromatic rings. The van der Waals surface area contributed by atoms with Gasteiger partial charge in [0, 0.05) is 31.6 Å². The van der Waals surface area contributed by atoms with Crippen molar-refractivity contribution in [3.05, 3.63) is 5.82 Å². The number of hydrogen-bond donors (Lipinski definition) is 0. The summed E-state index contributed by atoms with van der Waals surface area (Å²) in [6, 6.07) is 0.505. The molecule has 2 heterocycles. The highest BCUT2D eigenvalue weighted by atomic mass is 32.1. The number of methoxy groups -OCH3 is 1. The lowest BCUT2D eigenvalue weighted by molar-refractivity contribution is -0.00870. The molecule has 5 nitrogen and oxygen atoms in total. The van der Waals surface area contributed by atoms with E-state index in [0.717, 1.165) is 30.5 Å². The van der Waals surface area contributed by atoms with Crippen LogP contribution in [0.25, 0.3) is 0 Å². The van der Waals surface area contributed by atoms with Crippen LogP contribution in [0, 0.1) is 0 Å². The summed E-state index contributed by atoms with van der Waals surface area (Å²) < 4.78 is 15.4. The number of anilines is 1. The van der Waals surface area contributed by atoms with Crippen molar-refractivity contribution < 1.29 is 9.47 Å². The number of fused-ring (bicyclic) bond motifs is 1. The van der Waals surface area contributed by atoms with Crippen LogP contribution in [0.2, 0.25) is 0 Å². The SMILES string of the molecule is COCCc1nsc(N2CCO[C@H]3CCCC[C@H]32)n1. The van der Waals surface area contributed by atoms with Gasteiger partial charge in [-0.3, -0.25) is 0 Å². The van der Waals surface area contributed by atoms with E-state index in [9.17, 15) is 0 Å².